The second-order valence-corrected chi connectivity index (χ2v) is 6.61. The summed E-state index contributed by atoms with van der Waals surface area (Å²) in [6.07, 6.45) is 2.91. The number of aliphatic carboxylic acids is 2. The highest BCUT2D eigenvalue weighted by atomic mass is 32.2. The van der Waals surface area contributed by atoms with Crippen molar-refractivity contribution >= 4 is 22.0 Å². The summed E-state index contributed by atoms with van der Waals surface area (Å²) in [4.78, 5) is 20.4. The van der Waals surface area contributed by atoms with Crippen LogP contribution in [0, 0.1) is 0 Å². The first-order valence-electron chi connectivity index (χ1n) is 6.36. The number of furan rings is 1. The number of hydrogen-bond acceptors (Lipinski definition) is 6. The number of carboxylic acids is 2. The van der Waals surface area contributed by atoms with E-state index in [1.807, 2.05) is 12.1 Å². The zero-order valence-electron chi connectivity index (χ0n) is 12.0. The first-order chi connectivity index (χ1) is 10.2. The van der Waals surface area contributed by atoms with Gasteiger partial charge >= 0.3 is 11.9 Å². The first kappa shape index (κ1) is 18.1. The molecule has 1 aliphatic rings. The molecule has 1 saturated heterocycles. The standard InChI is InChI=1S/C10H16N2O3S.C2H2O4/c1-16(13,14)12-6-4-11(5-7-12)9-10-3-2-8-15-10;3-1(4)2(5)6/h2-3,8H,4-7,9H2,1H3;(H,3,4)(H,5,6). The lowest BCUT2D eigenvalue weighted by Crippen LogP contribution is -2.47. The maximum atomic E-state index is 11.3. The Morgan fingerprint density at radius 3 is 2.09 bits per heavy atom. The van der Waals surface area contributed by atoms with Crippen LogP contribution in [0.5, 0.6) is 0 Å². The van der Waals surface area contributed by atoms with E-state index in [-0.39, 0.29) is 0 Å². The first-order valence-corrected chi connectivity index (χ1v) is 8.21. The molecule has 0 aromatic carbocycles. The molecule has 1 aromatic rings. The Bertz CT molecular complexity index is 577. The van der Waals surface area contributed by atoms with Crippen molar-refractivity contribution in [3.8, 4) is 0 Å². The minimum absolute atomic E-state index is 0.569. The van der Waals surface area contributed by atoms with Crippen molar-refractivity contribution in [2.45, 2.75) is 6.54 Å². The average molecular weight is 334 g/mol. The molecule has 10 heteroatoms. The third-order valence-corrected chi connectivity index (χ3v) is 4.25. The molecule has 0 atom stereocenters. The normalized spacial score (nSPS) is 16.6. The molecule has 22 heavy (non-hydrogen) atoms. The molecule has 0 saturated carbocycles. The van der Waals surface area contributed by atoms with Gasteiger partial charge in [-0.25, -0.2) is 18.0 Å². The van der Waals surface area contributed by atoms with Gasteiger partial charge in [-0.2, -0.15) is 4.31 Å². The van der Waals surface area contributed by atoms with Crippen molar-refractivity contribution in [3.63, 3.8) is 0 Å². The van der Waals surface area contributed by atoms with Crippen LogP contribution in [0.15, 0.2) is 22.8 Å². The summed E-state index contributed by atoms with van der Waals surface area (Å²) in [6.45, 7) is 3.41. The van der Waals surface area contributed by atoms with Crippen molar-refractivity contribution < 1.29 is 32.6 Å². The van der Waals surface area contributed by atoms with E-state index >= 15 is 0 Å². The fourth-order valence-electron chi connectivity index (χ4n) is 1.84. The molecular weight excluding hydrogens is 316 g/mol. The van der Waals surface area contributed by atoms with Crippen molar-refractivity contribution in [1.82, 2.24) is 9.21 Å². The van der Waals surface area contributed by atoms with Crippen molar-refractivity contribution in [3.05, 3.63) is 24.2 Å². The van der Waals surface area contributed by atoms with Crippen LogP contribution in [-0.2, 0) is 26.2 Å². The molecule has 1 aliphatic heterocycles. The molecule has 2 N–H and O–H groups in total. The van der Waals surface area contributed by atoms with Gasteiger partial charge in [0.2, 0.25) is 10.0 Å². The number of rotatable bonds is 3. The number of piperazine rings is 1. The number of sulfonamides is 1. The maximum Gasteiger partial charge on any atom is 0.414 e. The van der Waals surface area contributed by atoms with Crippen molar-refractivity contribution in [2.75, 3.05) is 32.4 Å². The van der Waals surface area contributed by atoms with Crippen molar-refractivity contribution in [1.29, 1.82) is 0 Å². The molecular formula is C12H18N2O7S. The summed E-state index contributed by atoms with van der Waals surface area (Å²) in [5.74, 6) is -2.72. The van der Waals surface area contributed by atoms with E-state index in [1.165, 1.54) is 10.6 Å². The molecule has 1 fully saturated rings. The highest BCUT2D eigenvalue weighted by Crippen LogP contribution is 2.10. The third-order valence-electron chi connectivity index (χ3n) is 2.94. The lowest BCUT2D eigenvalue weighted by Gasteiger charge is -2.32. The second-order valence-electron chi connectivity index (χ2n) is 4.63. The van der Waals surface area contributed by atoms with Gasteiger partial charge in [-0.1, -0.05) is 0 Å². The zero-order valence-corrected chi connectivity index (χ0v) is 12.8. The topological polar surface area (TPSA) is 128 Å². The Balaban J connectivity index is 0.000000346. The third kappa shape index (κ3) is 6.24. The van der Waals surface area contributed by atoms with Crippen LogP contribution in [-0.4, -0.2) is 72.2 Å². The van der Waals surface area contributed by atoms with Gasteiger partial charge in [0.25, 0.3) is 0 Å². The summed E-state index contributed by atoms with van der Waals surface area (Å²) in [7, 11) is -3.03. The van der Waals surface area contributed by atoms with Gasteiger partial charge in [0, 0.05) is 26.2 Å². The lowest BCUT2D eigenvalue weighted by atomic mass is 10.3. The van der Waals surface area contributed by atoms with Gasteiger partial charge in [-0.3, -0.25) is 4.90 Å². The molecule has 0 radical (unpaired) electrons. The highest BCUT2D eigenvalue weighted by molar-refractivity contribution is 7.88. The monoisotopic (exact) mass is 334 g/mol. The Morgan fingerprint density at radius 1 is 1.18 bits per heavy atom. The lowest BCUT2D eigenvalue weighted by molar-refractivity contribution is -0.159. The van der Waals surface area contributed by atoms with Gasteiger partial charge in [-0.05, 0) is 12.1 Å². The number of carboxylic acid groups (broad SMARTS) is 2. The average Bonchev–Trinajstić information content (AvgIpc) is 2.92. The van der Waals surface area contributed by atoms with Gasteiger partial charge in [0.1, 0.15) is 5.76 Å². The van der Waals surface area contributed by atoms with Gasteiger partial charge in [0.05, 0.1) is 19.1 Å². The van der Waals surface area contributed by atoms with Gasteiger partial charge in [-0.15, -0.1) is 0 Å². The van der Waals surface area contributed by atoms with Crippen molar-refractivity contribution in [2.24, 2.45) is 0 Å². The van der Waals surface area contributed by atoms with Crippen LogP contribution in [0.1, 0.15) is 5.76 Å². The zero-order chi connectivity index (χ0) is 16.8. The molecule has 0 spiro atoms. The summed E-state index contributed by atoms with van der Waals surface area (Å²) in [5, 5.41) is 14.8. The Morgan fingerprint density at radius 2 is 1.73 bits per heavy atom. The number of carbonyl (C=O) groups is 2. The second kappa shape index (κ2) is 7.92. The van der Waals surface area contributed by atoms with E-state index in [9.17, 15) is 8.42 Å². The van der Waals surface area contributed by atoms with Gasteiger partial charge in [0.15, 0.2) is 0 Å². The molecule has 0 unspecified atom stereocenters. The van der Waals surface area contributed by atoms with Crippen LogP contribution in [0.4, 0.5) is 0 Å². The molecule has 0 amide bonds. The summed E-state index contributed by atoms with van der Waals surface area (Å²) in [6, 6.07) is 3.80. The smallest absolute Gasteiger partial charge is 0.414 e. The summed E-state index contributed by atoms with van der Waals surface area (Å²) >= 11 is 0. The minimum Gasteiger partial charge on any atom is -0.473 e. The number of hydrogen-bond donors (Lipinski definition) is 2. The fourth-order valence-corrected chi connectivity index (χ4v) is 2.67. The number of nitrogens with zero attached hydrogens (tertiary/aromatic N) is 2. The van der Waals surface area contributed by atoms with Crippen LogP contribution in [0.3, 0.4) is 0 Å². The quantitative estimate of drug-likeness (QED) is 0.709. The molecule has 124 valence electrons. The predicted octanol–water partition coefficient (Wildman–Crippen LogP) is -0.488. The molecule has 0 aliphatic carbocycles. The fraction of sp³-hybridized carbons (Fsp3) is 0.500. The summed E-state index contributed by atoms with van der Waals surface area (Å²) < 4.78 is 29.4. The van der Waals surface area contributed by atoms with Crippen LogP contribution in [0.25, 0.3) is 0 Å². The minimum atomic E-state index is -3.03. The largest absolute Gasteiger partial charge is 0.473 e. The maximum absolute atomic E-state index is 11.3. The van der Waals surface area contributed by atoms with Crippen LogP contribution < -0.4 is 0 Å². The van der Waals surface area contributed by atoms with Crippen LogP contribution in [0.2, 0.25) is 0 Å². The van der Waals surface area contributed by atoms with E-state index in [2.05, 4.69) is 4.90 Å². The van der Waals surface area contributed by atoms with E-state index in [4.69, 9.17) is 24.2 Å². The van der Waals surface area contributed by atoms with E-state index in [0.717, 1.165) is 25.4 Å². The summed E-state index contributed by atoms with van der Waals surface area (Å²) in [5.41, 5.74) is 0. The molecule has 2 rings (SSSR count). The molecule has 2 heterocycles. The molecule has 0 bridgehead atoms. The Labute approximate surface area is 127 Å². The van der Waals surface area contributed by atoms with E-state index in [0.29, 0.717) is 13.1 Å². The van der Waals surface area contributed by atoms with E-state index in [1.54, 1.807) is 6.26 Å². The van der Waals surface area contributed by atoms with E-state index < -0.39 is 22.0 Å². The predicted molar refractivity (Wildman–Crippen MR) is 75.7 cm³/mol. The Hall–Kier alpha value is -1.91. The SMILES string of the molecule is CS(=O)(=O)N1CCN(Cc2ccco2)CC1.O=C(O)C(=O)O. The molecule has 1 aromatic heterocycles. The highest BCUT2D eigenvalue weighted by Gasteiger charge is 2.23. The van der Waals surface area contributed by atoms with Gasteiger partial charge < -0.3 is 14.6 Å². The Kier molecular flexibility index (Phi) is 6.53. The van der Waals surface area contributed by atoms with Crippen LogP contribution >= 0.6 is 0 Å². The molecule has 9 nitrogen and oxygen atoms in total.